The molecule has 0 aliphatic carbocycles. The fourth-order valence-corrected chi connectivity index (χ4v) is 4.29. The summed E-state index contributed by atoms with van der Waals surface area (Å²) in [7, 11) is 1.58. The monoisotopic (exact) mass is 454 g/mol. The molecule has 136 valence electrons. The van der Waals surface area contributed by atoms with Gasteiger partial charge in [0.15, 0.2) is 0 Å². The Balaban J connectivity index is 1.75. The maximum absolute atomic E-state index is 12.9. The summed E-state index contributed by atoms with van der Waals surface area (Å²) in [5.41, 5.74) is 1.03. The molecule has 0 spiro atoms. The molecule has 1 aliphatic heterocycles. The molecule has 0 bridgehead atoms. The van der Waals surface area contributed by atoms with Gasteiger partial charge in [-0.3, -0.25) is 9.59 Å². The van der Waals surface area contributed by atoms with Crippen molar-refractivity contribution in [1.29, 1.82) is 0 Å². The molecule has 0 saturated carbocycles. The van der Waals surface area contributed by atoms with Crippen LogP contribution >= 0.6 is 39.3 Å². The maximum atomic E-state index is 12.9. The van der Waals surface area contributed by atoms with Crippen LogP contribution in [-0.4, -0.2) is 41.5 Å². The Bertz CT molecular complexity index is 832. The van der Waals surface area contributed by atoms with E-state index in [1.54, 1.807) is 54.5 Å². The number of benzene rings is 2. The van der Waals surface area contributed by atoms with Gasteiger partial charge in [-0.15, -0.1) is 11.8 Å². The number of halogens is 2. The lowest BCUT2D eigenvalue weighted by atomic mass is 10.1. The fourth-order valence-electron chi connectivity index (χ4n) is 2.58. The van der Waals surface area contributed by atoms with Gasteiger partial charge in [0.25, 0.3) is 5.91 Å². The van der Waals surface area contributed by atoms with Gasteiger partial charge in [-0.2, -0.15) is 0 Å². The molecule has 1 fully saturated rings. The summed E-state index contributed by atoms with van der Waals surface area (Å²) in [5.74, 6) is 1.22. The standard InChI is InChI=1S/C18H16BrClN2O3S/c1-25-13-5-3-12(4-6-13)21-17(23)16-9-26-10-22(16)18(24)14-8-11(19)2-7-15(14)20/h2-8,16H,9-10H2,1H3,(H,21,23). The normalized spacial score (nSPS) is 16.4. The van der Waals surface area contributed by atoms with Crippen molar-refractivity contribution >= 4 is 56.8 Å². The molecule has 8 heteroatoms. The van der Waals surface area contributed by atoms with Crippen molar-refractivity contribution in [3.8, 4) is 5.75 Å². The van der Waals surface area contributed by atoms with Crippen molar-refractivity contribution in [2.75, 3.05) is 24.1 Å². The van der Waals surface area contributed by atoms with E-state index in [-0.39, 0.29) is 11.8 Å². The minimum atomic E-state index is -0.551. The van der Waals surface area contributed by atoms with E-state index in [0.717, 1.165) is 4.47 Å². The van der Waals surface area contributed by atoms with E-state index in [1.165, 1.54) is 11.8 Å². The van der Waals surface area contributed by atoms with Gasteiger partial charge < -0.3 is 15.0 Å². The van der Waals surface area contributed by atoms with E-state index >= 15 is 0 Å². The number of hydrogen-bond acceptors (Lipinski definition) is 4. The molecular weight excluding hydrogens is 440 g/mol. The molecule has 1 atom stereocenters. The van der Waals surface area contributed by atoms with Crippen LogP contribution in [0, 0.1) is 0 Å². The van der Waals surface area contributed by atoms with E-state index < -0.39 is 6.04 Å². The first-order valence-corrected chi connectivity index (χ1v) is 10.1. The van der Waals surface area contributed by atoms with Crippen LogP contribution in [-0.2, 0) is 4.79 Å². The molecule has 5 nitrogen and oxygen atoms in total. The van der Waals surface area contributed by atoms with Crippen LogP contribution in [0.3, 0.4) is 0 Å². The maximum Gasteiger partial charge on any atom is 0.256 e. The molecule has 2 amide bonds. The molecule has 1 unspecified atom stereocenters. The summed E-state index contributed by atoms with van der Waals surface area (Å²) >= 11 is 11.1. The summed E-state index contributed by atoms with van der Waals surface area (Å²) in [6, 6.07) is 11.6. The second-order valence-corrected chi connectivity index (χ2v) is 7.96. The largest absolute Gasteiger partial charge is 0.497 e. The molecule has 0 radical (unpaired) electrons. The summed E-state index contributed by atoms with van der Waals surface area (Å²) in [6.07, 6.45) is 0. The highest BCUT2D eigenvalue weighted by Gasteiger charge is 2.35. The van der Waals surface area contributed by atoms with Gasteiger partial charge in [-0.25, -0.2) is 0 Å². The smallest absolute Gasteiger partial charge is 0.256 e. The van der Waals surface area contributed by atoms with Gasteiger partial charge in [0.1, 0.15) is 11.8 Å². The second kappa shape index (κ2) is 8.33. The number of hydrogen-bond donors (Lipinski definition) is 1. The molecule has 2 aromatic rings. The third-order valence-corrected chi connectivity index (χ3v) is 5.80. The van der Waals surface area contributed by atoms with Gasteiger partial charge >= 0.3 is 0 Å². The highest BCUT2D eigenvalue weighted by molar-refractivity contribution is 9.10. The first-order chi connectivity index (χ1) is 12.5. The van der Waals surface area contributed by atoms with E-state index in [0.29, 0.717) is 33.7 Å². The lowest BCUT2D eigenvalue weighted by Crippen LogP contribution is -2.44. The van der Waals surface area contributed by atoms with E-state index in [1.807, 2.05) is 0 Å². The lowest BCUT2D eigenvalue weighted by molar-refractivity contribution is -0.119. The van der Waals surface area contributed by atoms with Crippen molar-refractivity contribution in [2.24, 2.45) is 0 Å². The lowest BCUT2D eigenvalue weighted by Gasteiger charge is -2.23. The minimum Gasteiger partial charge on any atom is -0.497 e. The van der Waals surface area contributed by atoms with Crippen molar-refractivity contribution in [2.45, 2.75) is 6.04 Å². The summed E-state index contributed by atoms with van der Waals surface area (Å²) in [6.45, 7) is 0. The molecule has 26 heavy (non-hydrogen) atoms. The Hall–Kier alpha value is -1.70. The number of carbonyl (C=O) groups excluding carboxylic acids is 2. The Morgan fingerprint density at radius 1 is 1.27 bits per heavy atom. The highest BCUT2D eigenvalue weighted by Crippen LogP contribution is 2.28. The Morgan fingerprint density at radius 2 is 2.00 bits per heavy atom. The van der Waals surface area contributed by atoms with Crippen LogP contribution in [0.1, 0.15) is 10.4 Å². The summed E-state index contributed by atoms with van der Waals surface area (Å²) in [4.78, 5) is 27.1. The molecule has 1 saturated heterocycles. The number of carbonyl (C=O) groups is 2. The Labute approximate surface area is 169 Å². The average Bonchev–Trinajstić information content (AvgIpc) is 3.13. The Morgan fingerprint density at radius 3 is 2.69 bits per heavy atom. The predicted octanol–water partition coefficient (Wildman–Crippen LogP) is 4.26. The summed E-state index contributed by atoms with van der Waals surface area (Å²) in [5, 5.41) is 3.22. The molecule has 1 aliphatic rings. The molecular formula is C18H16BrClN2O3S. The highest BCUT2D eigenvalue weighted by atomic mass is 79.9. The van der Waals surface area contributed by atoms with Crippen molar-refractivity contribution in [1.82, 2.24) is 4.90 Å². The van der Waals surface area contributed by atoms with Crippen LogP contribution in [0.15, 0.2) is 46.9 Å². The van der Waals surface area contributed by atoms with E-state index in [4.69, 9.17) is 16.3 Å². The zero-order valence-electron chi connectivity index (χ0n) is 13.9. The van der Waals surface area contributed by atoms with E-state index in [2.05, 4.69) is 21.2 Å². The zero-order valence-corrected chi connectivity index (χ0v) is 17.0. The molecule has 1 heterocycles. The number of amides is 2. The van der Waals surface area contributed by atoms with Crippen LogP contribution in [0.2, 0.25) is 5.02 Å². The molecule has 1 N–H and O–H groups in total. The Kier molecular flexibility index (Phi) is 6.11. The number of nitrogens with zero attached hydrogens (tertiary/aromatic N) is 1. The van der Waals surface area contributed by atoms with Gasteiger partial charge in [0.2, 0.25) is 5.91 Å². The number of anilines is 1. The van der Waals surface area contributed by atoms with Crippen molar-refractivity contribution < 1.29 is 14.3 Å². The molecule has 3 rings (SSSR count). The van der Waals surface area contributed by atoms with Crippen LogP contribution < -0.4 is 10.1 Å². The third kappa shape index (κ3) is 4.16. The fraction of sp³-hybridized carbons (Fsp3) is 0.222. The number of ether oxygens (including phenoxy) is 1. The van der Waals surface area contributed by atoms with Crippen LogP contribution in [0.5, 0.6) is 5.75 Å². The first-order valence-electron chi connectivity index (χ1n) is 7.78. The van der Waals surface area contributed by atoms with Gasteiger partial charge in [0, 0.05) is 15.9 Å². The van der Waals surface area contributed by atoms with Gasteiger partial charge in [-0.1, -0.05) is 27.5 Å². The minimum absolute atomic E-state index is 0.223. The second-order valence-electron chi connectivity index (χ2n) is 5.63. The van der Waals surface area contributed by atoms with Crippen LogP contribution in [0.25, 0.3) is 0 Å². The quantitative estimate of drug-likeness (QED) is 0.748. The number of nitrogens with one attached hydrogen (secondary N) is 1. The van der Waals surface area contributed by atoms with Crippen LogP contribution in [0.4, 0.5) is 5.69 Å². The molecule has 0 aromatic heterocycles. The topological polar surface area (TPSA) is 58.6 Å². The summed E-state index contributed by atoms with van der Waals surface area (Å²) < 4.78 is 5.87. The van der Waals surface area contributed by atoms with Crippen molar-refractivity contribution in [3.63, 3.8) is 0 Å². The van der Waals surface area contributed by atoms with E-state index in [9.17, 15) is 9.59 Å². The van der Waals surface area contributed by atoms with Gasteiger partial charge in [-0.05, 0) is 42.5 Å². The zero-order chi connectivity index (χ0) is 18.7. The van der Waals surface area contributed by atoms with Crippen molar-refractivity contribution in [3.05, 3.63) is 57.5 Å². The number of thioether (sulfide) groups is 1. The number of rotatable bonds is 4. The average molecular weight is 456 g/mol. The third-order valence-electron chi connectivity index (χ3n) is 3.96. The number of methoxy groups -OCH3 is 1. The molecule has 2 aromatic carbocycles. The SMILES string of the molecule is COc1ccc(NC(=O)C2CSCN2C(=O)c2cc(Br)ccc2Cl)cc1. The first kappa shape index (κ1) is 19.1. The predicted molar refractivity (Wildman–Crippen MR) is 108 cm³/mol. The van der Waals surface area contributed by atoms with Gasteiger partial charge in [0.05, 0.1) is 23.6 Å².